The molecule has 0 aromatic rings. The first-order valence-corrected chi connectivity index (χ1v) is 31.0. The van der Waals surface area contributed by atoms with Crippen molar-refractivity contribution in [2.45, 2.75) is 332 Å². The van der Waals surface area contributed by atoms with Crippen LogP contribution < -0.4 is 5.32 Å². The highest BCUT2D eigenvalue weighted by molar-refractivity contribution is 7.80. The number of aliphatic hydroxyl groups excluding tert-OH is 5. The van der Waals surface area contributed by atoms with Gasteiger partial charge in [0.05, 0.1) is 25.4 Å². The maximum absolute atomic E-state index is 13.2. The van der Waals surface area contributed by atoms with Crippen molar-refractivity contribution in [2.75, 3.05) is 13.2 Å². The first-order valence-electron chi connectivity index (χ1n) is 29.7. The van der Waals surface area contributed by atoms with E-state index in [4.69, 9.17) is 9.47 Å². The van der Waals surface area contributed by atoms with Gasteiger partial charge in [0.25, 0.3) is 0 Å². The number of allylic oxidation sites excluding steroid dienone is 2. The lowest BCUT2D eigenvalue weighted by atomic mass is 9.99. The number of rotatable bonds is 52. The van der Waals surface area contributed by atoms with Crippen LogP contribution in [0.2, 0.25) is 0 Å². The molecule has 0 aromatic carbocycles. The van der Waals surface area contributed by atoms with E-state index in [9.17, 15) is 43.3 Å². The minimum absolute atomic E-state index is 0.256. The van der Waals surface area contributed by atoms with E-state index in [0.29, 0.717) is 19.3 Å². The lowest BCUT2D eigenvalue weighted by Crippen LogP contribution is -2.61. The number of unbranched alkanes of at least 4 members (excludes halogenated alkanes) is 37. The summed E-state index contributed by atoms with van der Waals surface area (Å²) in [7, 11) is -5.11. The van der Waals surface area contributed by atoms with E-state index in [1.54, 1.807) is 0 Å². The summed E-state index contributed by atoms with van der Waals surface area (Å²) in [6.45, 7) is 3.33. The zero-order valence-electron chi connectivity index (χ0n) is 45.4. The summed E-state index contributed by atoms with van der Waals surface area (Å²) in [6, 6.07) is -1.03. The number of amides is 1. The standard InChI is InChI=1S/C57H111NO12S/c1-3-5-7-9-11-13-15-17-19-21-23-25-26-28-30-32-34-36-38-40-42-44-46-51(61)56(64)58-49(48-68-57-54(63)55(70-71(65,66)67)53(62)52(47-59)69-57)50(60)45-43-41-39-37-35-33-31-29-27-24-22-20-18-16-14-12-10-8-6-4-2/h28,30,49-55,57,59-63H,3-27,29,31-48H2,1-2H3,(H,58,64)(H,65,66,67)/b30-28-. The van der Waals surface area contributed by atoms with E-state index in [1.807, 2.05) is 0 Å². The summed E-state index contributed by atoms with van der Waals surface area (Å²) in [5, 5.41) is 55.8. The second kappa shape index (κ2) is 47.3. The molecule has 0 radical (unpaired) electrons. The number of aliphatic hydroxyl groups is 5. The molecule has 422 valence electrons. The molecule has 1 saturated heterocycles. The Kier molecular flexibility index (Phi) is 45.1. The summed E-state index contributed by atoms with van der Waals surface area (Å²) < 4.78 is 47.9. The summed E-state index contributed by atoms with van der Waals surface area (Å²) in [6.07, 6.45) is 43.9. The van der Waals surface area contributed by atoms with Crippen LogP contribution in [0.15, 0.2) is 12.2 Å². The van der Waals surface area contributed by atoms with E-state index in [2.05, 4.69) is 35.5 Å². The molecular formula is C57H111NO12S. The van der Waals surface area contributed by atoms with Gasteiger partial charge < -0.3 is 40.3 Å². The van der Waals surface area contributed by atoms with Gasteiger partial charge in [-0.2, -0.15) is 8.42 Å². The Morgan fingerprint density at radius 1 is 0.549 bits per heavy atom. The monoisotopic (exact) mass is 1030 g/mol. The Balaban J connectivity index is 2.40. The molecule has 0 bridgehead atoms. The van der Waals surface area contributed by atoms with Gasteiger partial charge in [0.1, 0.15) is 30.5 Å². The smallest absolute Gasteiger partial charge is 0.394 e. The second-order valence-corrected chi connectivity index (χ2v) is 22.1. The van der Waals surface area contributed by atoms with Crippen molar-refractivity contribution < 1.29 is 57.0 Å². The molecule has 8 unspecified atom stereocenters. The Morgan fingerprint density at radius 2 is 0.901 bits per heavy atom. The fourth-order valence-electron chi connectivity index (χ4n) is 9.76. The van der Waals surface area contributed by atoms with Crippen LogP contribution in [-0.2, 0) is 28.9 Å². The molecule has 0 spiro atoms. The minimum atomic E-state index is -5.11. The zero-order chi connectivity index (χ0) is 52.1. The second-order valence-electron chi connectivity index (χ2n) is 21.1. The summed E-state index contributed by atoms with van der Waals surface area (Å²) >= 11 is 0. The van der Waals surface area contributed by atoms with Crippen LogP contribution in [0.25, 0.3) is 0 Å². The van der Waals surface area contributed by atoms with Gasteiger partial charge in [-0.3, -0.25) is 9.35 Å². The first kappa shape index (κ1) is 67.8. The molecule has 1 fully saturated rings. The molecule has 1 rings (SSSR count). The van der Waals surface area contributed by atoms with Crippen molar-refractivity contribution in [1.29, 1.82) is 0 Å². The van der Waals surface area contributed by atoms with E-state index >= 15 is 0 Å². The zero-order valence-corrected chi connectivity index (χ0v) is 46.2. The lowest BCUT2D eigenvalue weighted by Gasteiger charge is -2.41. The normalized spacial score (nSPS) is 19.9. The van der Waals surface area contributed by atoms with Gasteiger partial charge in [0.15, 0.2) is 6.29 Å². The van der Waals surface area contributed by atoms with Crippen LogP contribution in [0.3, 0.4) is 0 Å². The molecule has 0 saturated carbocycles. The van der Waals surface area contributed by atoms with Crippen LogP contribution in [0.4, 0.5) is 0 Å². The number of hydrogen-bond donors (Lipinski definition) is 7. The quantitative estimate of drug-likeness (QED) is 0.0172. The lowest BCUT2D eigenvalue weighted by molar-refractivity contribution is -0.298. The molecule has 7 N–H and O–H groups in total. The highest BCUT2D eigenvalue weighted by atomic mass is 32.3. The van der Waals surface area contributed by atoms with Crippen molar-refractivity contribution in [1.82, 2.24) is 5.32 Å². The third-order valence-corrected chi connectivity index (χ3v) is 14.9. The molecule has 14 heteroatoms. The van der Waals surface area contributed by atoms with Crippen LogP contribution in [0.5, 0.6) is 0 Å². The van der Waals surface area contributed by atoms with Crippen molar-refractivity contribution in [3.8, 4) is 0 Å². The largest absolute Gasteiger partial charge is 0.397 e. The highest BCUT2D eigenvalue weighted by Gasteiger charge is 2.48. The molecule has 1 amide bonds. The van der Waals surface area contributed by atoms with Gasteiger partial charge >= 0.3 is 10.4 Å². The Bertz CT molecular complexity index is 1320. The van der Waals surface area contributed by atoms with Gasteiger partial charge in [0, 0.05) is 0 Å². The van der Waals surface area contributed by atoms with E-state index < -0.39 is 78.5 Å². The van der Waals surface area contributed by atoms with E-state index in [-0.39, 0.29) is 6.42 Å². The Morgan fingerprint density at radius 3 is 1.27 bits per heavy atom. The molecule has 71 heavy (non-hydrogen) atoms. The maximum Gasteiger partial charge on any atom is 0.397 e. The number of carbonyl (C=O) groups excluding carboxylic acids is 1. The minimum Gasteiger partial charge on any atom is -0.394 e. The van der Waals surface area contributed by atoms with Crippen molar-refractivity contribution in [3.63, 3.8) is 0 Å². The molecule has 0 aliphatic carbocycles. The SMILES string of the molecule is CCCCCCCCCCCCCC/C=C\CCCCCCCCC(O)C(=O)NC(COC1OC(CO)C(O)C(OS(=O)(=O)O)C1O)C(O)CCCCCCCCCCCCCCCCCCCCCC. The molecule has 1 aliphatic rings. The van der Waals surface area contributed by atoms with Crippen molar-refractivity contribution in [3.05, 3.63) is 12.2 Å². The van der Waals surface area contributed by atoms with Crippen LogP contribution in [0, 0.1) is 0 Å². The number of carbonyl (C=O) groups is 1. The summed E-state index contributed by atoms with van der Waals surface area (Å²) in [5.41, 5.74) is 0. The molecule has 8 atom stereocenters. The van der Waals surface area contributed by atoms with Crippen LogP contribution >= 0.6 is 0 Å². The number of nitrogens with one attached hydrogen (secondary N) is 1. The predicted octanol–water partition coefficient (Wildman–Crippen LogP) is 12.8. The van der Waals surface area contributed by atoms with Crippen LogP contribution in [-0.4, -0.2) is 107 Å². The summed E-state index contributed by atoms with van der Waals surface area (Å²) in [5.74, 6) is -0.669. The summed E-state index contributed by atoms with van der Waals surface area (Å²) in [4.78, 5) is 13.2. The third-order valence-electron chi connectivity index (χ3n) is 14.4. The highest BCUT2D eigenvalue weighted by Crippen LogP contribution is 2.26. The fourth-order valence-corrected chi connectivity index (χ4v) is 10.3. The topological polar surface area (TPSA) is 212 Å². The average Bonchev–Trinajstić information content (AvgIpc) is 3.35. The first-order chi connectivity index (χ1) is 34.4. The Labute approximate surface area is 434 Å². The van der Waals surface area contributed by atoms with Crippen LogP contribution in [0.1, 0.15) is 284 Å². The van der Waals surface area contributed by atoms with Crippen molar-refractivity contribution in [2.24, 2.45) is 0 Å². The Hall–Kier alpha value is -1.20. The van der Waals surface area contributed by atoms with Gasteiger partial charge in [-0.05, 0) is 38.5 Å². The maximum atomic E-state index is 13.2. The molecule has 0 aromatic heterocycles. The molecule has 13 nitrogen and oxygen atoms in total. The molecule has 1 heterocycles. The average molecular weight is 1030 g/mol. The van der Waals surface area contributed by atoms with Gasteiger partial charge in [-0.25, -0.2) is 4.18 Å². The number of hydrogen-bond acceptors (Lipinski definition) is 11. The number of ether oxygens (including phenoxy) is 2. The fraction of sp³-hybridized carbons (Fsp3) is 0.947. The van der Waals surface area contributed by atoms with Gasteiger partial charge in [0.2, 0.25) is 5.91 Å². The van der Waals surface area contributed by atoms with Gasteiger partial charge in [-0.15, -0.1) is 0 Å². The van der Waals surface area contributed by atoms with E-state index in [0.717, 1.165) is 57.8 Å². The van der Waals surface area contributed by atoms with Gasteiger partial charge in [-0.1, -0.05) is 257 Å². The third kappa shape index (κ3) is 38.9. The molecular weight excluding hydrogens is 923 g/mol. The van der Waals surface area contributed by atoms with E-state index in [1.165, 1.54) is 186 Å². The predicted molar refractivity (Wildman–Crippen MR) is 288 cm³/mol. The van der Waals surface area contributed by atoms with Crippen molar-refractivity contribution >= 4 is 16.3 Å². The molecule has 1 aliphatic heterocycles.